The summed E-state index contributed by atoms with van der Waals surface area (Å²) in [5, 5.41) is 0. The van der Waals surface area contributed by atoms with Crippen molar-refractivity contribution < 1.29 is 4.79 Å². The van der Waals surface area contributed by atoms with Crippen molar-refractivity contribution >= 4 is 5.78 Å². The molecule has 10 heavy (non-hydrogen) atoms. The molecule has 0 fully saturated rings. The van der Waals surface area contributed by atoms with Crippen LogP contribution in [0.1, 0.15) is 34.1 Å². The van der Waals surface area contributed by atoms with E-state index in [0.29, 0.717) is 0 Å². The van der Waals surface area contributed by atoms with Crippen LogP contribution in [0.5, 0.6) is 0 Å². The average molecular weight is 143 g/mol. The maximum atomic E-state index is 10.9. The summed E-state index contributed by atoms with van der Waals surface area (Å²) in [5.74, 6) is 0.213. The van der Waals surface area contributed by atoms with Gasteiger partial charge in [0.25, 0.3) is 0 Å². The molecule has 0 aliphatic carbocycles. The van der Waals surface area contributed by atoms with E-state index in [-0.39, 0.29) is 17.2 Å². The van der Waals surface area contributed by atoms with Gasteiger partial charge < -0.3 is 5.73 Å². The molecule has 2 nitrogen and oxygen atoms in total. The van der Waals surface area contributed by atoms with Crippen molar-refractivity contribution in [3.05, 3.63) is 0 Å². The highest BCUT2D eigenvalue weighted by Gasteiger charge is 2.24. The third-order valence-corrected chi connectivity index (χ3v) is 1.79. The Morgan fingerprint density at radius 3 is 2.10 bits per heavy atom. The van der Waals surface area contributed by atoms with E-state index < -0.39 is 0 Å². The molecule has 0 aromatic carbocycles. The highest BCUT2D eigenvalue weighted by atomic mass is 16.1. The number of Topliss-reactive ketones (excluding diaryl/α,β-unsaturated/α-hetero) is 1. The van der Waals surface area contributed by atoms with E-state index in [1.807, 2.05) is 20.8 Å². The fourth-order valence-electron chi connectivity index (χ4n) is 0.949. The number of hydrogen-bond donors (Lipinski definition) is 1. The second-order valence-electron chi connectivity index (χ2n) is 3.62. The summed E-state index contributed by atoms with van der Waals surface area (Å²) in [5.41, 5.74) is 5.32. The quantitative estimate of drug-likeness (QED) is 0.647. The van der Waals surface area contributed by atoms with E-state index in [2.05, 4.69) is 0 Å². The van der Waals surface area contributed by atoms with Crippen molar-refractivity contribution in [1.82, 2.24) is 0 Å². The molecule has 1 unspecified atom stereocenters. The lowest BCUT2D eigenvalue weighted by atomic mass is 9.83. The van der Waals surface area contributed by atoms with Crippen molar-refractivity contribution in [3.8, 4) is 0 Å². The van der Waals surface area contributed by atoms with Gasteiger partial charge in [0.1, 0.15) is 5.78 Å². The van der Waals surface area contributed by atoms with Gasteiger partial charge in [0, 0.05) is 11.5 Å². The Labute approximate surface area is 62.8 Å². The van der Waals surface area contributed by atoms with E-state index in [1.54, 1.807) is 6.92 Å². The third-order valence-electron chi connectivity index (χ3n) is 1.79. The predicted octanol–water partition coefficient (Wildman–Crippen LogP) is 1.34. The van der Waals surface area contributed by atoms with E-state index in [1.165, 1.54) is 0 Å². The van der Waals surface area contributed by atoms with Crippen LogP contribution >= 0.6 is 0 Å². The molecule has 0 aliphatic rings. The molecule has 0 heterocycles. The summed E-state index contributed by atoms with van der Waals surface area (Å²) in [7, 11) is 0. The summed E-state index contributed by atoms with van der Waals surface area (Å²) < 4.78 is 0. The second-order valence-corrected chi connectivity index (χ2v) is 3.62. The van der Waals surface area contributed by atoms with Crippen LogP contribution in [0, 0.1) is 5.41 Å². The molecule has 2 heteroatoms. The Morgan fingerprint density at radius 2 is 2.00 bits per heavy atom. The van der Waals surface area contributed by atoms with Gasteiger partial charge in [0.05, 0.1) is 0 Å². The van der Waals surface area contributed by atoms with E-state index in [4.69, 9.17) is 5.73 Å². The second kappa shape index (κ2) is 3.15. The van der Waals surface area contributed by atoms with Crippen LogP contribution < -0.4 is 5.73 Å². The SMILES string of the molecule is CC(=O)C(C)(C)CC(C)N. The molecule has 1 atom stereocenters. The standard InChI is InChI=1S/C8H17NO/c1-6(9)5-8(3,4)7(2)10/h6H,5,9H2,1-4H3. The zero-order chi connectivity index (χ0) is 8.36. The van der Waals surface area contributed by atoms with Crippen molar-refractivity contribution in [3.63, 3.8) is 0 Å². The summed E-state index contributed by atoms with van der Waals surface area (Å²) >= 11 is 0. The number of nitrogens with two attached hydrogens (primary N) is 1. The van der Waals surface area contributed by atoms with Gasteiger partial charge in [-0.3, -0.25) is 4.79 Å². The molecule has 0 aliphatic heterocycles. The van der Waals surface area contributed by atoms with Crippen LogP contribution in [0.2, 0.25) is 0 Å². The maximum Gasteiger partial charge on any atom is 0.135 e. The Bertz CT molecular complexity index is 127. The zero-order valence-electron chi connectivity index (χ0n) is 7.27. The number of carbonyl (C=O) groups is 1. The first-order valence-electron chi connectivity index (χ1n) is 3.63. The van der Waals surface area contributed by atoms with Crippen molar-refractivity contribution in [1.29, 1.82) is 0 Å². The van der Waals surface area contributed by atoms with Gasteiger partial charge in [-0.1, -0.05) is 13.8 Å². The van der Waals surface area contributed by atoms with Gasteiger partial charge in [-0.2, -0.15) is 0 Å². The lowest BCUT2D eigenvalue weighted by molar-refractivity contribution is -0.125. The lowest BCUT2D eigenvalue weighted by Gasteiger charge is -2.22. The topological polar surface area (TPSA) is 43.1 Å². The molecule has 0 amide bonds. The molecule has 0 radical (unpaired) electrons. The minimum atomic E-state index is -0.242. The third kappa shape index (κ3) is 2.97. The molecule has 0 aromatic heterocycles. The molecule has 0 bridgehead atoms. The fraction of sp³-hybridized carbons (Fsp3) is 0.875. The molecule has 2 N–H and O–H groups in total. The van der Waals surface area contributed by atoms with Crippen LogP contribution in [-0.4, -0.2) is 11.8 Å². The van der Waals surface area contributed by atoms with Gasteiger partial charge in [-0.15, -0.1) is 0 Å². The normalized spacial score (nSPS) is 14.9. The lowest BCUT2D eigenvalue weighted by Crippen LogP contribution is -2.30. The number of hydrogen-bond acceptors (Lipinski definition) is 2. The largest absolute Gasteiger partial charge is 0.328 e. The molecule has 0 aromatic rings. The van der Waals surface area contributed by atoms with Crippen LogP contribution in [0.4, 0.5) is 0 Å². The van der Waals surface area contributed by atoms with Gasteiger partial charge in [0.2, 0.25) is 0 Å². The average Bonchev–Trinajstić information content (AvgIpc) is 1.60. The van der Waals surface area contributed by atoms with Crippen LogP contribution in [0.25, 0.3) is 0 Å². The molecular formula is C8H17NO. The molecule has 0 saturated heterocycles. The Balaban J connectivity index is 4.00. The van der Waals surface area contributed by atoms with Crippen molar-refractivity contribution in [2.75, 3.05) is 0 Å². The first kappa shape index (κ1) is 9.63. The van der Waals surface area contributed by atoms with Gasteiger partial charge in [-0.05, 0) is 20.3 Å². The van der Waals surface area contributed by atoms with Crippen LogP contribution in [-0.2, 0) is 4.79 Å². The zero-order valence-corrected chi connectivity index (χ0v) is 7.27. The van der Waals surface area contributed by atoms with Gasteiger partial charge in [-0.25, -0.2) is 0 Å². The Hall–Kier alpha value is -0.370. The van der Waals surface area contributed by atoms with E-state index >= 15 is 0 Å². The summed E-state index contributed by atoms with van der Waals surface area (Å²) in [6, 6.07) is 0.110. The number of ketones is 1. The number of rotatable bonds is 3. The minimum Gasteiger partial charge on any atom is -0.328 e. The van der Waals surface area contributed by atoms with Crippen LogP contribution in [0.15, 0.2) is 0 Å². The summed E-state index contributed by atoms with van der Waals surface area (Å²) in [4.78, 5) is 10.9. The Morgan fingerprint density at radius 1 is 1.60 bits per heavy atom. The maximum absolute atomic E-state index is 10.9. The first-order valence-corrected chi connectivity index (χ1v) is 3.63. The highest BCUT2D eigenvalue weighted by molar-refractivity contribution is 5.81. The highest BCUT2D eigenvalue weighted by Crippen LogP contribution is 2.22. The fourth-order valence-corrected chi connectivity index (χ4v) is 0.949. The summed E-state index contributed by atoms with van der Waals surface area (Å²) in [6.07, 6.45) is 0.766. The van der Waals surface area contributed by atoms with Crippen molar-refractivity contribution in [2.24, 2.45) is 11.1 Å². The number of carbonyl (C=O) groups excluding carboxylic acids is 1. The summed E-state index contributed by atoms with van der Waals surface area (Å²) in [6.45, 7) is 7.39. The van der Waals surface area contributed by atoms with Crippen molar-refractivity contribution in [2.45, 2.75) is 40.2 Å². The van der Waals surface area contributed by atoms with Crippen LogP contribution in [0.3, 0.4) is 0 Å². The van der Waals surface area contributed by atoms with E-state index in [9.17, 15) is 4.79 Å². The first-order chi connectivity index (χ1) is 4.36. The van der Waals surface area contributed by atoms with E-state index in [0.717, 1.165) is 6.42 Å². The smallest absolute Gasteiger partial charge is 0.135 e. The van der Waals surface area contributed by atoms with Gasteiger partial charge in [0.15, 0.2) is 0 Å². The Kier molecular flexibility index (Phi) is 3.03. The molecule has 60 valence electrons. The predicted molar refractivity (Wildman–Crippen MR) is 42.7 cm³/mol. The molecule has 0 saturated carbocycles. The molecule has 0 rings (SSSR count). The molecular weight excluding hydrogens is 126 g/mol. The minimum absolute atomic E-state index is 0.110. The van der Waals surface area contributed by atoms with Gasteiger partial charge >= 0.3 is 0 Å². The molecule has 0 spiro atoms. The monoisotopic (exact) mass is 143 g/mol.